The van der Waals surface area contributed by atoms with Crippen LogP contribution in [0.3, 0.4) is 0 Å². The van der Waals surface area contributed by atoms with Crippen molar-refractivity contribution in [2.24, 2.45) is 0 Å². The molecule has 2 N–H and O–H groups in total. The molecule has 4 rings (SSSR count). The zero-order valence-corrected chi connectivity index (χ0v) is 17.5. The number of aryl methyl sites for hydroxylation is 2. The largest absolute Gasteiger partial charge is 0.330 e. The third-order valence-electron chi connectivity index (χ3n) is 5.14. The highest BCUT2D eigenvalue weighted by Gasteiger charge is 2.24. The maximum atomic E-state index is 12.8. The van der Waals surface area contributed by atoms with Crippen LogP contribution in [0.25, 0.3) is 5.69 Å². The lowest BCUT2D eigenvalue weighted by Gasteiger charge is -2.29. The minimum Gasteiger partial charge on any atom is -0.322 e. The number of nitrogens with one attached hydrogen (secondary N) is 2. The molecule has 0 atom stereocenters. The van der Waals surface area contributed by atoms with Crippen LogP contribution in [0, 0.1) is 6.92 Å². The van der Waals surface area contributed by atoms with Crippen molar-refractivity contribution in [3.63, 3.8) is 0 Å². The lowest BCUT2D eigenvalue weighted by atomic mass is 10.0. The maximum absolute atomic E-state index is 12.8. The van der Waals surface area contributed by atoms with Crippen molar-refractivity contribution in [1.82, 2.24) is 9.55 Å². The van der Waals surface area contributed by atoms with E-state index >= 15 is 0 Å². The molecule has 0 fully saturated rings. The van der Waals surface area contributed by atoms with E-state index in [1.165, 1.54) is 15.1 Å². The molecule has 1 amide bonds. The number of hydrogen-bond donors (Lipinski definition) is 2. The number of nitrogens with zero attached hydrogens (tertiary/aromatic N) is 2. The van der Waals surface area contributed by atoms with Gasteiger partial charge in [-0.3, -0.25) is 13.7 Å². The van der Waals surface area contributed by atoms with Gasteiger partial charge in [-0.2, -0.15) is 0 Å². The topological polar surface area (TPSA) is 104 Å². The van der Waals surface area contributed by atoms with Crippen molar-refractivity contribution in [2.75, 3.05) is 22.4 Å². The second-order valence-corrected chi connectivity index (χ2v) is 9.26. The van der Waals surface area contributed by atoms with Crippen LogP contribution < -0.4 is 15.3 Å². The van der Waals surface area contributed by atoms with E-state index in [1.54, 1.807) is 48.7 Å². The van der Waals surface area contributed by atoms with Gasteiger partial charge in [-0.15, -0.1) is 0 Å². The third kappa shape index (κ3) is 3.76. The zero-order chi connectivity index (χ0) is 21.5. The van der Waals surface area contributed by atoms with Gasteiger partial charge in [0.15, 0.2) is 0 Å². The molecule has 0 unspecified atom stereocenters. The smallest absolute Gasteiger partial charge is 0.322 e. The first-order valence-electron chi connectivity index (χ1n) is 9.53. The molecule has 1 aliphatic heterocycles. The van der Waals surface area contributed by atoms with Gasteiger partial charge in [0, 0.05) is 29.7 Å². The highest BCUT2D eigenvalue weighted by atomic mass is 32.2. The van der Waals surface area contributed by atoms with E-state index in [1.807, 2.05) is 6.92 Å². The number of rotatable bonds is 4. The second kappa shape index (κ2) is 7.49. The van der Waals surface area contributed by atoms with Crippen molar-refractivity contribution in [1.29, 1.82) is 0 Å². The molecule has 8 nitrogen and oxygen atoms in total. The summed E-state index contributed by atoms with van der Waals surface area (Å²) in [5, 5.41) is 2.85. The lowest BCUT2D eigenvalue weighted by molar-refractivity contribution is 0.102. The molecular formula is C21H22N4O4S. The van der Waals surface area contributed by atoms with Crippen LogP contribution in [0.5, 0.6) is 0 Å². The Morgan fingerprint density at radius 2 is 1.97 bits per heavy atom. The molecule has 2 heterocycles. The Balaban J connectivity index is 1.60. The van der Waals surface area contributed by atoms with Crippen molar-refractivity contribution >= 4 is 27.3 Å². The molecule has 9 heteroatoms. The highest BCUT2D eigenvalue weighted by Crippen LogP contribution is 2.30. The fourth-order valence-corrected chi connectivity index (χ4v) is 4.75. The normalized spacial score (nSPS) is 13.7. The summed E-state index contributed by atoms with van der Waals surface area (Å²) in [6.07, 6.45) is 4.24. The van der Waals surface area contributed by atoms with E-state index < -0.39 is 10.0 Å². The quantitative estimate of drug-likeness (QED) is 0.669. The van der Waals surface area contributed by atoms with Crippen molar-refractivity contribution < 1.29 is 13.2 Å². The summed E-state index contributed by atoms with van der Waals surface area (Å²) < 4.78 is 26.9. The monoisotopic (exact) mass is 426 g/mol. The predicted molar refractivity (Wildman–Crippen MR) is 116 cm³/mol. The number of hydrogen-bond acceptors (Lipinski definition) is 4. The molecule has 30 heavy (non-hydrogen) atoms. The fraction of sp³-hybridized carbons (Fsp3) is 0.238. The van der Waals surface area contributed by atoms with Gasteiger partial charge >= 0.3 is 5.69 Å². The number of carbonyl (C=O) groups is 1. The molecule has 2 aromatic carbocycles. The summed E-state index contributed by atoms with van der Waals surface area (Å²) in [5.41, 5.74) is 3.62. The SMILES string of the molecule is Cc1c[nH]c(=O)n1-c1cccc(NC(=O)c2ccc3c(c2)CCCN3S(C)(=O)=O)c1. The van der Waals surface area contributed by atoms with E-state index in [0.717, 1.165) is 11.3 Å². The number of benzene rings is 2. The molecule has 1 aromatic heterocycles. The molecule has 0 spiro atoms. The van der Waals surface area contributed by atoms with Crippen LogP contribution in [-0.4, -0.2) is 36.7 Å². The van der Waals surface area contributed by atoms with Gasteiger partial charge in [0.05, 0.1) is 17.6 Å². The molecule has 0 saturated heterocycles. The average Bonchev–Trinajstić information content (AvgIpc) is 3.04. The van der Waals surface area contributed by atoms with Crippen LogP contribution >= 0.6 is 0 Å². The number of fused-ring (bicyclic) bond motifs is 1. The van der Waals surface area contributed by atoms with Gasteiger partial charge in [-0.05, 0) is 61.7 Å². The molecular weight excluding hydrogens is 404 g/mol. The van der Waals surface area contributed by atoms with E-state index in [2.05, 4.69) is 10.3 Å². The fourth-order valence-electron chi connectivity index (χ4n) is 3.75. The van der Waals surface area contributed by atoms with Crippen molar-refractivity contribution in [3.05, 3.63) is 76.0 Å². The molecule has 3 aromatic rings. The summed E-state index contributed by atoms with van der Waals surface area (Å²) in [7, 11) is -3.35. The minimum absolute atomic E-state index is 0.249. The van der Waals surface area contributed by atoms with E-state index in [-0.39, 0.29) is 11.6 Å². The molecule has 156 valence electrons. The maximum Gasteiger partial charge on any atom is 0.330 e. The van der Waals surface area contributed by atoms with Crippen LogP contribution in [0.1, 0.15) is 28.0 Å². The van der Waals surface area contributed by atoms with Gasteiger partial charge in [-0.25, -0.2) is 13.2 Å². The summed E-state index contributed by atoms with van der Waals surface area (Å²) in [5.74, 6) is -0.301. The van der Waals surface area contributed by atoms with Crippen LogP contribution in [0.4, 0.5) is 11.4 Å². The van der Waals surface area contributed by atoms with Gasteiger partial charge in [0.2, 0.25) is 10.0 Å². The highest BCUT2D eigenvalue weighted by molar-refractivity contribution is 7.92. The average molecular weight is 426 g/mol. The first kappa shape index (κ1) is 20.0. The van der Waals surface area contributed by atoms with Crippen LogP contribution in [0.2, 0.25) is 0 Å². The number of amides is 1. The number of H-pyrrole nitrogens is 1. The number of sulfonamides is 1. The number of anilines is 2. The first-order chi connectivity index (χ1) is 14.2. The standard InChI is InChI=1S/C21H22N4O4S/c1-14-13-22-21(27)25(14)18-7-3-6-17(12-18)23-20(26)16-8-9-19-15(11-16)5-4-10-24(19)30(2,28)29/h3,6-9,11-13H,4-5,10H2,1-2H3,(H,22,27)(H,23,26). The number of aromatic amines is 1. The summed E-state index contributed by atoms with van der Waals surface area (Å²) in [6.45, 7) is 2.26. The molecule has 1 aliphatic rings. The lowest BCUT2D eigenvalue weighted by Crippen LogP contribution is -2.34. The molecule has 0 saturated carbocycles. The van der Waals surface area contributed by atoms with Crippen LogP contribution in [-0.2, 0) is 16.4 Å². The van der Waals surface area contributed by atoms with E-state index in [4.69, 9.17) is 0 Å². The first-order valence-corrected chi connectivity index (χ1v) is 11.4. The summed E-state index contributed by atoms with van der Waals surface area (Å²) in [4.78, 5) is 27.4. The van der Waals surface area contributed by atoms with Gasteiger partial charge in [-0.1, -0.05) is 6.07 Å². The van der Waals surface area contributed by atoms with Gasteiger partial charge < -0.3 is 10.3 Å². The predicted octanol–water partition coefficient (Wildman–Crippen LogP) is 2.44. The van der Waals surface area contributed by atoms with Gasteiger partial charge in [0.1, 0.15) is 0 Å². The minimum atomic E-state index is -3.35. The zero-order valence-electron chi connectivity index (χ0n) is 16.7. The Bertz CT molecular complexity index is 1290. The van der Waals surface area contributed by atoms with Gasteiger partial charge in [0.25, 0.3) is 5.91 Å². The number of carbonyl (C=O) groups excluding carboxylic acids is 1. The van der Waals surface area contributed by atoms with Crippen molar-refractivity contribution in [3.8, 4) is 5.69 Å². The Hall–Kier alpha value is -3.33. The molecule has 0 aliphatic carbocycles. The Morgan fingerprint density at radius 1 is 1.17 bits per heavy atom. The third-order valence-corrected chi connectivity index (χ3v) is 6.32. The Morgan fingerprint density at radius 3 is 2.67 bits per heavy atom. The van der Waals surface area contributed by atoms with E-state index in [0.29, 0.717) is 42.0 Å². The molecule has 0 radical (unpaired) electrons. The number of imidazole rings is 1. The summed E-state index contributed by atoms with van der Waals surface area (Å²) >= 11 is 0. The Labute approximate surface area is 174 Å². The molecule has 0 bridgehead atoms. The van der Waals surface area contributed by atoms with Crippen molar-refractivity contribution in [2.45, 2.75) is 19.8 Å². The summed E-state index contributed by atoms with van der Waals surface area (Å²) in [6, 6.07) is 12.1. The number of aromatic nitrogens is 2. The Kier molecular flexibility index (Phi) is 4.98. The van der Waals surface area contributed by atoms with E-state index in [9.17, 15) is 18.0 Å². The second-order valence-electron chi connectivity index (χ2n) is 7.36. The van der Waals surface area contributed by atoms with Crippen LogP contribution in [0.15, 0.2) is 53.5 Å².